The first-order valence-electron chi connectivity index (χ1n) is 6.38. The van der Waals surface area contributed by atoms with Crippen molar-refractivity contribution in [3.8, 4) is 0 Å². The Hall–Kier alpha value is -1.65. The molecule has 1 rings (SSSR count). The Kier molecular flexibility index (Phi) is 6.85. The number of amides is 1. The van der Waals surface area contributed by atoms with E-state index in [1.807, 2.05) is 30.3 Å². The van der Waals surface area contributed by atoms with Crippen molar-refractivity contribution in [1.82, 2.24) is 4.90 Å². The first kappa shape index (κ1) is 15.4. The number of rotatable bonds is 8. The van der Waals surface area contributed by atoms with E-state index in [1.54, 1.807) is 18.1 Å². The summed E-state index contributed by atoms with van der Waals surface area (Å²) < 4.78 is 5.03. The second-order valence-electron chi connectivity index (χ2n) is 4.26. The Morgan fingerprint density at radius 3 is 2.68 bits per heavy atom. The van der Waals surface area contributed by atoms with Crippen LogP contribution in [0.1, 0.15) is 11.5 Å². The molecule has 0 saturated carbocycles. The van der Waals surface area contributed by atoms with E-state index in [1.165, 1.54) is 0 Å². The van der Waals surface area contributed by atoms with Crippen LogP contribution in [0.3, 0.4) is 0 Å². The maximum Gasteiger partial charge on any atom is 0.231 e. The minimum absolute atomic E-state index is 0.0191. The molecule has 4 heteroatoms. The van der Waals surface area contributed by atoms with Crippen LogP contribution in [-0.2, 0) is 9.53 Å². The Balaban J connectivity index is 2.82. The summed E-state index contributed by atoms with van der Waals surface area (Å²) in [5.41, 5.74) is 6.71. The number of nitrogens with zero attached hydrogens (tertiary/aromatic N) is 1. The van der Waals surface area contributed by atoms with Crippen LogP contribution in [0.5, 0.6) is 0 Å². The molecule has 19 heavy (non-hydrogen) atoms. The van der Waals surface area contributed by atoms with Gasteiger partial charge in [0.15, 0.2) is 0 Å². The Morgan fingerprint density at radius 1 is 1.47 bits per heavy atom. The third-order valence-corrected chi connectivity index (χ3v) is 2.96. The molecule has 1 aromatic rings. The smallest absolute Gasteiger partial charge is 0.231 e. The molecule has 0 heterocycles. The highest BCUT2D eigenvalue weighted by Gasteiger charge is 2.23. The minimum atomic E-state index is -0.307. The molecule has 2 N–H and O–H groups in total. The van der Waals surface area contributed by atoms with Crippen LogP contribution in [0.2, 0.25) is 0 Å². The van der Waals surface area contributed by atoms with E-state index < -0.39 is 0 Å². The largest absolute Gasteiger partial charge is 0.383 e. The predicted octanol–water partition coefficient (Wildman–Crippen LogP) is 1.39. The lowest BCUT2D eigenvalue weighted by Gasteiger charge is -2.25. The third kappa shape index (κ3) is 4.50. The van der Waals surface area contributed by atoms with Crippen LogP contribution < -0.4 is 5.73 Å². The van der Waals surface area contributed by atoms with Crippen molar-refractivity contribution in [1.29, 1.82) is 0 Å². The van der Waals surface area contributed by atoms with E-state index >= 15 is 0 Å². The minimum Gasteiger partial charge on any atom is -0.383 e. The van der Waals surface area contributed by atoms with Gasteiger partial charge in [0.05, 0.1) is 12.5 Å². The van der Waals surface area contributed by atoms with Gasteiger partial charge in [-0.25, -0.2) is 0 Å². The first-order chi connectivity index (χ1) is 9.24. The van der Waals surface area contributed by atoms with Crippen LogP contribution >= 0.6 is 0 Å². The lowest BCUT2D eigenvalue weighted by molar-refractivity contribution is -0.132. The molecule has 0 aliphatic rings. The van der Waals surface area contributed by atoms with Gasteiger partial charge in [0.2, 0.25) is 5.91 Å². The lowest BCUT2D eigenvalue weighted by atomic mass is 9.97. The quantitative estimate of drug-likeness (QED) is 0.720. The van der Waals surface area contributed by atoms with E-state index in [9.17, 15) is 4.79 Å². The SMILES string of the molecule is C=CCN(CCOC)C(=O)C(CN)c1ccccc1. The normalized spacial score (nSPS) is 11.9. The molecule has 1 aromatic carbocycles. The van der Waals surface area contributed by atoms with Crippen molar-refractivity contribution in [3.05, 3.63) is 48.6 Å². The zero-order valence-electron chi connectivity index (χ0n) is 11.4. The van der Waals surface area contributed by atoms with Crippen LogP contribution in [0, 0.1) is 0 Å². The van der Waals surface area contributed by atoms with Crippen molar-refractivity contribution >= 4 is 5.91 Å². The maximum absolute atomic E-state index is 12.5. The Labute approximate surface area is 114 Å². The number of carbonyl (C=O) groups excluding carboxylic acids is 1. The van der Waals surface area contributed by atoms with Gasteiger partial charge in [-0.1, -0.05) is 36.4 Å². The number of hydrogen-bond acceptors (Lipinski definition) is 3. The molecule has 0 aliphatic carbocycles. The second kappa shape index (κ2) is 8.45. The fourth-order valence-electron chi connectivity index (χ4n) is 1.93. The highest BCUT2D eigenvalue weighted by atomic mass is 16.5. The number of methoxy groups -OCH3 is 1. The standard InChI is InChI=1S/C15H22N2O2/c1-3-9-17(10-11-19-2)15(18)14(12-16)13-7-5-4-6-8-13/h3-8,14H,1,9-12,16H2,2H3. The van der Waals surface area contributed by atoms with Gasteiger partial charge in [-0.2, -0.15) is 0 Å². The predicted molar refractivity (Wildman–Crippen MR) is 76.9 cm³/mol. The molecule has 1 atom stereocenters. The number of hydrogen-bond donors (Lipinski definition) is 1. The fourth-order valence-corrected chi connectivity index (χ4v) is 1.93. The van der Waals surface area contributed by atoms with Crippen LogP contribution in [-0.4, -0.2) is 44.2 Å². The molecule has 104 valence electrons. The molecule has 0 bridgehead atoms. The van der Waals surface area contributed by atoms with E-state index in [-0.39, 0.29) is 11.8 Å². The summed E-state index contributed by atoms with van der Waals surface area (Å²) >= 11 is 0. The van der Waals surface area contributed by atoms with Crippen LogP contribution in [0.4, 0.5) is 0 Å². The third-order valence-electron chi connectivity index (χ3n) is 2.96. The molecule has 0 saturated heterocycles. The summed E-state index contributed by atoms with van der Waals surface area (Å²) in [5.74, 6) is -0.288. The van der Waals surface area contributed by atoms with Gasteiger partial charge < -0.3 is 15.4 Å². The van der Waals surface area contributed by atoms with Gasteiger partial charge >= 0.3 is 0 Å². The highest BCUT2D eigenvalue weighted by molar-refractivity contribution is 5.84. The molecule has 0 spiro atoms. The van der Waals surface area contributed by atoms with Crippen LogP contribution in [0.25, 0.3) is 0 Å². The van der Waals surface area contributed by atoms with E-state index in [0.717, 1.165) is 5.56 Å². The molecule has 1 amide bonds. The number of ether oxygens (including phenoxy) is 1. The summed E-state index contributed by atoms with van der Waals surface area (Å²) in [4.78, 5) is 14.2. The second-order valence-corrected chi connectivity index (χ2v) is 4.26. The van der Waals surface area contributed by atoms with Gasteiger partial charge in [0, 0.05) is 26.7 Å². The summed E-state index contributed by atoms with van der Waals surface area (Å²) in [5, 5.41) is 0. The molecule has 0 aliphatic heterocycles. The molecule has 1 unspecified atom stereocenters. The molecule has 0 aromatic heterocycles. The van der Waals surface area contributed by atoms with Crippen molar-refractivity contribution < 1.29 is 9.53 Å². The van der Waals surface area contributed by atoms with Crippen molar-refractivity contribution in [2.24, 2.45) is 5.73 Å². The molecule has 0 fully saturated rings. The molecule has 0 radical (unpaired) electrons. The van der Waals surface area contributed by atoms with Crippen molar-refractivity contribution in [2.75, 3.05) is 33.4 Å². The Bertz CT molecular complexity index is 392. The molecule has 4 nitrogen and oxygen atoms in total. The zero-order chi connectivity index (χ0) is 14.1. The van der Waals surface area contributed by atoms with Crippen molar-refractivity contribution in [2.45, 2.75) is 5.92 Å². The van der Waals surface area contributed by atoms with Gasteiger partial charge in [0.25, 0.3) is 0 Å². The number of nitrogens with two attached hydrogens (primary N) is 1. The van der Waals surface area contributed by atoms with Gasteiger partial charge in [-0.3, -0.25) is 4.79 Å². The first-order valence-corrected chi connectivity index (χ1v) is 6.38. The lowest BCUT2D eigenvalue weighted by Crippen LogP contribution is -2.39. The average Bonchev–Trinajstić information content (AvgIpc) is 2.45. The maximum atomic E-state index is 12.5. The van der Waals surface area contributed by atoms with E-state index in [0.29, 0.717) is 26.2 Å². The van der Waals surface area contributed by atoms with Crippen molar-refractivity contribution in [3.63, 3.8) is 0 Å². The topological polar surface area (TPSA) is 55.6 Å². The monoisotopic (exact) mass is 262 g/mol. The average molecular weight is 262 g/mol. The van der Waals surface area contributed by atoms with Gasteiger partial charge in [0.1, 0.15) is 0 Å². The summed E-state index contributed by atoms with van der Waals surface area (Å²) in [6, 6.07) is 9.61. The van der Waals surface area contributed by atoms with E-state index in [4.69, 9.17) is 10.5 Å². The number of carbonyl (C=O) groups is 1. The summed E-state index contributed by atoms with van der Waals surface area (Å²) in [6.07, 6.45) is 1.71. The highest BCUT2D eigenvalue weighted by Crippen LogP contribution is 2.17. The zero-order valence-corrected chi connectivity index (χ0v) is 11.4. The fraction of sp³-hybridized carbons (Fsp3) is 0.400. The summed E-state index contributed by atoms with van der Waals surface area (Å²) in [6.45, 7) is 5.54. The molecular formula is C15H22N2O2. The summed E-state index contributed by atoms with van der Waals surface area (Å²) in [7, 11) is 1.62. The van der Waals surface area contributed by atoms with Crippen LogP contribution in [0.15, 0.2) is 43.0 Å². The number of benzene rings is 1. The van der Waals surface area contributed by atoms with Gasteiger partial charge in [-0.15, -0.1) is 6.58 Å². The van der Waals surface area contributed by atoms with Gasteiger partial charge in [-0.05, 0) is 5.56 Å². The molecular weight excluding hydrogens is 240 g/mol. The van der Waals surface area contributed by atoms with E-state index in [2.05, 4.69) is 6.58 Å². The Morgan fingerprint density at radius 2 is 2.16 bits per heavy atom.